The lowest BCUT2D eigenvalue weighted by atomic mass is 9.97. The monoisotopic (exact) mass is 250 g/mol. The number of carboxylic acids is 1. The van der Waals surface area contributed by atoms with Gasteiger partial charge in [0.2, 0.25) is 0 Å². The van der Waals surface area contributed by atoms with Gasteiger partial charge in [0.05, 0.1) is 6.61 Å². The SMILES string of the molecule is C[C@@]1(C(=O)O)OC[C@H]2OC(O)[C@H](O)[C@@H](O)[C@H]2O1. The van der Waals surface area contributed by atoms with Gasteiger partial charge < -0.3 is 34.6 Å². The summed E-state index contributed by atoms with van der Waals surface area (Å²) in [5, 5.41) is 37.3. The molecule has 0 spiro atoms. The molecule has 0 radical (unpaired) electrons. The first-order valence-corrected chi connectivity index (χ1v) is 5.10. The highest BCUT2D eigenvalue weighted by Crippen LogP contribution is 2.32. The van der Waals surface area contributed by atoms with E-state index >= 15 is 0 Å². The van der Waals surface area contributed by atoms with Crippen LogP contribution in [0.3, 0.4) is 0 Å². The Morgan fingerprint density at radius 1 is 1.29 bits per heavy atom. The molecule has 0 aromatic carbocycles. The van der Waals surface area contributed by atoms with Gasteiger partial charge in [-0.25, -0.2) is 4.79 Å². The molecule has 0 bridgehead atoms. The van der Waals surface area contributed by atoms with E-state index in [1.54, 1.807) is 0 Å². The van der Waals surface area contributed by atoms with Gasteiger partial charge in [0.15, 0.2) is 6.29 Å². The standard InChI is InChI=1S/C9H14O8/c1-9(8(13)14)15-2-3-6(17-9)4(10)5(11)7(12)16-3/h3-7,10-12H,2H2,1H3,(H,13,14)/t3-,4-,5-,6+,7?,9-/m1/s1. The van der Waals surface area contributed by atoms with Gasteiger partial charge in [-0.1, -0.05) is 0 Å². The second-order valence-electron chi connectivity index (χ2n) is 4.19. The van der Waals surface area contributed by atoms with Crippen LogP contribution in [-0.4, -0.2) is 69.5 Å². The van der Waals surface area contributed by atoms with E-state index in [4.69, 9.17) is 19.3 Å². The molecule has 0 aliphatic carbocycles. The van der Waals surface area contributed by atoms with Crippen molar-refractivity contribution < 1.29 is 39.4 Å². The first-order chi connectivity index (χ1) is 7.85. The number of carbonyl (C=O) groups is 1. The minimum absolute atomic E-state index is 0.158. The number of hydrogen-bond acceptors (Lipinski definition) is 7. The summed E-state index contributed by atoms with van der Waals surface area (Å²) in [4.78, 5) is 10.9. The zero-order valence-corrected chi connectivity index (χ0v) is 9.02. The molecule has 4 N–H and O–H groups in total. The molecule has 98 valence electrons. The topological polar surface area (TPSA) is 126 Å². The zero-order chi connectivity index (χ0) is 12.8. The molecule has 0 amide bonds. The van der Waals surface area contributed by atoms with E-state index in [1.165, 1.54) is 6.92 Å². The van der Waals surface area contributed by atoms with E-state index in [1.807, 2.05) is 0 Å². The fourth-order valence-corrected chi connectivity index (χ4v) is 1.85. The summed E-state index contributed by atoms with van der Waals surface area (Å²) in [6, 6.07) is 0. The molecular weight excluding hydrogens is 236 g/mol. The predicted molar refractivity (Wildman–Crippen MR) is 49.8 cm³/mol. The van der Waals surface area contributed by atoms with Gasteiger partial charge in [0.1, 0.15) is 24.4 Å². The number of rotatable bonds is 1. The van der Waals surface area contributed by atoms with Crippen molar-refractivity contribution in [3.8, 4) is 0 Å². The zero-order valence-electron chi connectivity index (χ0n) is 9.02. The molecule has 2 rings (SSSR count). The number of aliphatic hydroxyl groups is 3. The molecule has 8 nitrogen and oxygen atoms in total. The van der Waals surface area contributed by atoms with Crippen LogP contribution in [0.1, 0.15) is 6.92 Å². The van der Waals surface area contributed by atoms with Gasteiger partial charge in [-0.2, -0.15) is 0 Å². The second kappa shape index (κ2) is 4.16. The maximum Gasteiger partial charge on any atom is 0.364 e. The Balaban J connectivity index is 2.16. The van der Waals surface area contributed by atoms with Crippen LogP contribution in [-0.2, 0) is 19.0 Å². The molecule has 8 heteroatoms. The molecule has 2 heterocycles. The summed E-state index contributed by atoms with van der Waals surface area (Å²) < 4.78 is 15.0. The fraction of sp³-hybridized carbons (Fsp3) is 0.889. The number of aliphatic carboxylic acids is 1. The van der Waals surface area contributed by atoms with Gasteiger partial charge in [0, 0.05) is 6.92 Å². The van der Waals surface area contributed by atoms with Gasteiger partial charge in [-0.3, -0.25) is 0 Å². The number of carboxylic acid groups (broad SMARTS) is 1. The van der Waals surface area contributed by atoms with Crippen molar-refractivity contribution in [3.05, 3.63) is 0 Å². The highest BCUT2D eigenvalue weighted by atomic mass is 16.8. The summed E-state index contributed by atoms with van der Waals surface area (Å²) >= 11 is 0. The van der Waals surface area contributed by atoms with Crippen molar-refractivity contribution in [2.75, 3.05) is 6.61 Å². The van der Waals surface area contributed by atoms with E-state index in [0.29, 0.717) is 0 Å². The Morgan fingerprint density at radius 3 is 2.53 bits per heavy atom. The number of fused-ring (bicyclic) bond motifs is 1. The summed E-state index contributed by atoms with van der Waals surface area (Å²) in [7, 11) is 0. The van der Waals surface area contributed by atoms with Crippen molar-refractivity contribution in [1.82, 2.24) is 0 Å². The van der Waals surface area contributed by atoms with E-state index in [2.05, 4.69) is 0 Å². The van der Waals surface area contributed by atoms with Crippen LogP contribution in [0.25, 0.3) is 0 Å². The first-order valence-electron chi connectivity index (χ1n) is 5.10. The van der Waals surface area contributed by atoms with Crippen LogP contribution >= 0.6 is 0 Å². The molecule has 0 aromatic heterocycles. The van der Waals surface area contributed by atoms with Gasteiger partial charge in [-0.15, -0.1) is 0 Å². The van der Waals surface area contributed by atoms with E-state index in [9.17, 15) is 20.1 Å². The summed E-state index contributed by atoms with van der Waals surface area (Å²) in [5.41, 5.74) is 0. The smallest absolute Gasteiger partial charge is 0.364 e. The van der Waals surface area contributed by atoms with Crippen molar-refractivity contribution in [2.45, 2.75) is 43.4 Å². The predicted octanol–water partition coefficient (Wildman–Crippen LogP) is -2.36. The Hall–Kier alpha value is -0.770. The molecule has 2 saturated heterocycles. The maximum atomic E-state index is 10.9. The van der Waals surface area contributed by atoms with Crippen molar-refractivity contribution in [1.29, 1.82) is 0 Å². The van der Waals surface area contributed by atoms with Crippen molar-refractivity contribution >= 4 is 5.97 Å². The third-order valence-corrected chi connectivity index (χ3v) is 2.93. The molecule has 0 saturated carbocycles. The summed E-state index contributed by atoms with van der Waals surface area (Å²) in [6.45, 7) is 1.03. The summed E-state index contributed by atoms with van der Waals surface area (Å²) in [5.74, 6) is -3.24. The minimum Gasteiger partial charge on any atom is -0.477 e. The highest BCUT2D eigenvalue weighted by Gasteiger charge is 2.53. The lowest BCUT2D eigenvalue weighted by molar-refractivity contribution is -0.373. The van der Waals surface area contributed by atoms with Crippen LogP contribution in [0.15, 0.2) is 0 Å². The average Bonchev–Trinajstić information content (AvgIpc) is 2.27. The maximum absolute atomic E-state index is 10.9. The molecule has 0 aromatic rings. The van der Waals surface area contributed by atoms with Crippen LogP contribution in [0.5, 0.6) is 0 Å². The van der Waals surface area contributed by atoms with E-state index in [-0.39, 0.29) is 6.61 Å². The summed E-state index contributed by atoms with van der Waals surface area (Å²) in [6.07, 6.45) is -6.43. The van der Waals surface area contributed by atoms with Crippen LogP contribution in [0.2, 0.25) is 0 Å². The Kier molecular flexibility index (Phi) is 3.10. The first kappa shape index (κ1) is 12.7. The molecule has 6 atom stereocenters. The van der Waals surface area contributed by atoms with Crippen LogP contribution in [0.4, 0.5) is 0 Å². The van der Waals surface area contributed by atoms with Crippen molar-refractivity contribution in [3.63, 3.8) is 0 Å². The third-order valence-electron chi connectivity index (χ3n) is 2.93. The Labute approximate surface area is 96.3 Å². The molecular formula is C9H14O8. The molecule has 2 fully saturated rings. The normalized spacial score (nSPS) is 50.7. The number of aliphatic hydroxyl groups excluding tert-OH is 3. The lowest BCUT2D eigenvalue weighted by Gasteiger charge is -2.47. The van der Waals surface area contributed by atoms with Crippen molar-refractivity contribution in [2.24, 2.45) is 0 Å². The second-order valence-corrected chi connectivity index (χ2v) is 4.19. The van der Waals surface area contributed by atoms with E-state index in [0.717, 1.165) is 0 Å². The molecule has 1 unspecified atom stereocenters. The molecule has 2 aliphatic heterocycles. The number of ether oxygens (including phenoxy) is 3. The third kappa shape index (κ3) is 2.03. The van der Waals surface area contributed by atoms with E-state index < -0.39 is 42.5 Å². The van der Waals surface area contributed by atoms with Gasteiger partial charge in [0.25, 0.3) is 5.79 Å². The van der Waals surface area contributed by atoms with Gasteiger partial charge in [-0.05, 0) is 0 Å². The Bertz CT molecular complexity index is 318. The highest BCUT2D eigenvalue weighted by molar-refractivity contribution is 5.75. The molecule has 2 aliphatic rings. The average molecular weight is 250 g/mol. The molecule has 17 heavy (non-hydrogen) atoms. The van der Waals surface area contributed by atoms with Crippen LogP contribution in [0, 0.1) is 0 Å². The quantitative estimate of drug-likeness (QED) is 0.407. The minimum atomic E-state index is -1.90. The fourth-order valence-electron chi connectivity index (χ4n) is 1.85. The van der Waals surface area contributed by atoms with Gasteiger partial charge >= 0.3 is 5.97 Å². The van der Waals surface area contributed by atoms with Crippen LogP contribution < -0.4 is 0 Å². The largest absolute Gasteiger partial charge is 0.477 e. The number of hydrogen-bond donors (Lipinski definition) is 4. The Morgan fingerprint density at radius 2 is 1.94 bits per heavy atom. The lowest BCUT2D eigenvalue weighted by Crippen LogP contribution is -2.66.